The molecule has 2 aliphatic heterocycles. The third kappa shape index (κ3) is 2.09. The van der Waals surface area contributed by atoms with E-state index in [2.05, 4.69) is 10.2 Å². The Balaban J connectivity index is 1.57. The predicted octanol–water partition coefficient (Wildman–Crippen LogP) is 0.518. The van der Waals surface area contributed by atoms with Crippen LogP contribution in [0.4, 0.5) is 0 Å². The Hall–Kier alpha value is -0.610. The van der Waals surface area contributed by atoms with Gasteiger partial charge in [-0.2, -0.15) is 0 Å². The molecule has 2 heterocycles. The van der Waals surface area contributed by atoms with E-state index in [9.17, 15) is 4.79 Å². The van der Waals surface area contributed by atoms with Gasteiger partial charge in [0.05, 0.1) is 6.04 Å². The fraction of sp³-hybridized carbons (Fsp3) is 0.917. The van der Waals surface area contributed by atoms with Crippen LogP contribution in [0.1, 0.15) is 32.1 Å². The molecular weight excluding hydrogens is 204 g/mol. The van der Waals surface area contributed by atoms with Crippen molar-refractivity contribution in [1.29, 1.82) is 0 Å². The van der Waals surface area contributed by atoms with Crippen molar-refractivity contribution in [2.45, 2.75) is 50.2 Å². The second-order valence-corrected chi connectivity index (χ2v) is 5.16. The summed E-state index contributed by atoms with van der Waals surface area (Å²) in [5, 5.41) is 3.45. The summed E-state index contributed by atoms with van der Waals surface area (Å²) < 4.78 is 5.34. The molecule has 0 aromatic rings. The largest absolute Gasteiger partial charge is 0.381 e. The van der Waals surface area contributed by atoms with E-state index in [-0.39, 0.29) is 6.04 Å². The molecule has 16 heavy (non-hydrogen) atoms. The molecule has 3 rings (SSSR count). The lowest BCUT2D eigenvalue weighted by Gasteiger charge is -2.31. The second-order valence-electron chi connectivity index (χ2n) is 5.16. The lowest BCUT2D eigenvalue weighted by atomic mass is 10.1. The van der Waals surface area contributed by atoms with Gasteiger partial charge in [-0.1, -0.05) is 0 Å². The minimum atomic E-state index is 0.107. The van der Waals surface area contributed by atoms with Gasteiger partial charge in [0.2, 0.25) is 5.91 Å². The Kier molecular flexibility index (Phi) is 2.86. The third-order valence-electron chi connectivity index (χ3n) is 3.89. The quantitative estimate of drug-likeness (QED) is 0.760. The molecule has 0 radical (unpaired) electrons. The van der Waals surface area contributed by atoms with Crippen LogP contribution in [0.3, 0.4) is 0 Å². The lowest BCUT2D eigenvalue weighted by Crippen LogP contribution is -2.45. The van der Waals surface area contributed by atoms with Crippen molar-refractivity contribution in [3.05, 3.63) is 0 Å². The molecule has 4 heteroatoms. The zero-order chi connectivity index (χ0) is 11.0. The molecule has 2 saturated heterocycles. The van der Waals surface area contributed by atoms with E-state index in [1.54, 1.807) is 0 Å². The first-order valence-electron chi connectivity index (χ1n) is 6.49. The standard InChI is InChI=1S/C12H20N2O2/c15-12-11(13-9-1-2-9)3-6-14(12)10-4-7-16-8-5-10/h9-11,13H,1-8H2. The summed E-state index contributed by atoms with van der Waals surface area (Å²) in [5.41, 5.74) is 0. The fourth-order valence-corrected chi connectivity index (χ4v) is 2.75. The van der Waals surface area contributed by atoms with Gasteiger partial charge in [0.15, 0.2) is 0 Å². The summed E-state index contributed by atoms with van der Waals surface area (Å²) in [4.78, 5) is 14.3. The number of likely N-dealkylation sites (tertiary alicyclic amines) is 1. The molecule has 1 unspecified atom stereocenters. The summed E-state index contributed by atoms with van der Waals surface area (Å²) in [6, 6.07) is 1.17. The topological polar surface area (TPSA) is 41.6 Å². The Bertz CT molecular complexity index is 272. The van der Waals surface area contributed by atoms with E-state index in [1.165, 1.54) is 12.8 Å². The van der Waals surface area contributed by atoms with Crippen molar-refractivity contribution in [2.75, 3.05) is 19.8 Å². The van der Waals surface area contributed by atoms with E-state index in [1.807, 2.05) is 0 Å². The maximum absolute atomic E-state index is 12.2. The van der Waals surface area contributed by atoms with Crippen molar-refractivity contribution in [3.63, 3.8) is 0 Å². The van der Waals surface area contributed by atoms with E-state index < -0.39 is 0 Å². The molecule has 3 aliphatic rings. The van der Waals surface area contributed by atoms with Gasteiger partial charge in [-0.25, -0.2) is 0 Å². The van der Waals surface area contributed by atoms with Crippen LogP contribution in [-0.2, 0) is 9.53 Å². The molecule has 3 fully saturated rings. The van der Waals surface area contributed by atoms with Crippen molar-refractivity contribution >= 4 is 5.91 Å². The summed E-state index contributed by atoms with van der Waals surface area (Å²) in [7, 11) is 0. The van der Waals surface area contributed by atoms with Gasteiger partial charge in [0, 0.05) is 31.8 Å². The molecular formula is C12H20N2O2. The zero-order valence-corrected chi connectivity index (χ0v) is 9.65. The highest BCUT2D eigenvalue weighted by atomic mass is 16.5. The molecule has 0 aromatic heterocycles. The average Bonchev–Trinajstić information content (AvgIpc) is 3.06. The predicted molar refractivity (Wildman–Crippen MR) is 60.1 cm³/mol. The van der Waals surface area contributed by atoms with Gasteiger partial charge in [-0.3, -0.25) is 4.79 Å². The number of nitrogens with one attached hydrogen (secondary N) is 1. The van der Waals surface area contributed by atoms with Gasteiger partial charge >= 0.3 is 0 Å². The monoisotopic (exact) mass is 224 g/mol. The van der Waals surface area contributed by atoms with Crippen LogP contribution in [0.2, 0.25) is 0 Å². The van der Waals surface area contributed by atoms with Crippen LogP contribution in [-0.4, -0.2) is 48.7 Å². The van der Waals surface area contributed by atoms with Crippen molar-refractivity contribution < 1.29 is 9.53 Å². The molecule has 1 amide bonds. The van der Waals surface area contributed by atoms with Crippen LogP contribution >= 0.6 is 0 Å². The van der Waals surface area contributed by atoms with Crippen LogP contribution in [0.15, 0.2) is 0 Å². The number of rotatable bonds is 3. The molecule has 4 nitrogen and oxygen atoms in total. The average molecular weight is 224 g/mol. The molecule has 90 valence electrons. The Morgan fingerprint density at radius 2 is 1.88 bits per heavy atom. The summed E-state index contributed by atoms with van der Waals surface area (Å²) >= 11 is 0. The van der Waals surface area contributed by atoms with E-state index in [0.29, 0.717) is 18.0 Å². The van der Waals surface area contributed by atoms with E-state index in [4.69, 9.17) is 4.74 Å². The van der Waals surface area contributed by atoms with Crippen molar-refractivity contribution in [3.8, 4) is 0 Å². The normalized spacial score (nSPS) is 32.4. The van der Waals surface area contributed by atoms with E-state index in [0.717, 1.165) is 39.0 Å². The van der Waals surface area contributed by atoms with Crippen LogP contribution in [0.25, 0.3) is 0 Å². The van der Waals surface area contributed by atoms with Gasteiger partial charge in [0.25, 0.3) is 0 Å². The Labute approximate surface area is 96.3 Å². The summed E-state index contributed by atoms with van der Waals surface area (Å²) in [5.74, 6) is 0.332. The molecule has 0 bridgehead atoms. The number of hydrogen-bond acceptors (Lipinski definition) is 3. The molecule has 0 aromatic carbocycles. The number of carbonyl (C=O) groups excluding carboxylic acids is 1. The number of hydrogen-bond donors (Lipinski definition) is 1. The Morgan fingerprint density at radius 1 is 1.12 bits per heavy atom. The number of nitrogens with zero attached hydrogens (tertiary/aromatic N) is 1. The highest BCUT2D eigenvalue weighted by Crippen LogP contribution is 2.25. The zero-order valence-electron chi connectivity index (χ0n) is 9.65. The van der Waals surface area contributed by atoms with Crippen LogP contribution in [0, 0.1) is 0 Å². The van der Waals surface area contributed by atoms with Gasteiger partial charge < -0.3 is 15.0 Å². The van der Waals surface area contributed by atoms with Crippen LogP contribution in [0.5, 0.6) is 0 Å². The minimum Gasteiger partial charge on any atom is -0.381 e. The molecule has 0 spiro atoms. The number of ether oxygens (including phenoxy) is 1. The second kappa shape index (κ2) is 4.34. The molecule has 1 atom stereocenters. The minimum absolute atomic E-state index is 0.107. The molecule has 1 N–H and O–H groups in total. The first-order chi connectivity index (χ1) is 7.84. The molecule has 1 aliphatic carbocycles. The number of amides is 1. The smallest absolute Gasteiger partial charge is 0.240 e. The lowest BCUT2D eigenvalue weighted by molar-refractivity contribution is -0.133. The summed E-state index contributed by atoms with van der Waals surface area (Å²) in [6.07, 6.45) is 5.53. The SMILES string of the molecule is O=C1C(NC2CC2)CCN1C1CCOCC1. The summed E-state index contributed by atoms with van der Waals surface area (Å²) in [6.45, 7) is 2.57. The highest BCUT2D eigenvalue weighted by Gasteiger charge is 2.38. The van der Waals surface area contributed by atoms with Crippen molar-refractivity contribution in [1.82, 2.24) is 10.2 Å². The third-order valence-corrected chi connectivity index (χ3v) is 3.89. The number of carbonyl (C=O) groups is 1. The van der Waals surface area contributed by atoms with E-state index >= 15 is 0 Å². The first-order valence-corrected chi connectivity index (χ1v) is 6.49. The first kappa shape index (κ1) is 10.5. The highest BCUT2D eigenvalue weighted by molar-refractivity contribution is 5.84. The fourth-order valence-electron chi connectivity index (χ4n) is 2.75. The van der Waals surface area contributed by atoms with Crippen molar-refractivity contribution in [2.24, 2.45) is 0 Å². The molecule has 1 saturated carbocycles. The van der Waals surface area contributed by atoms with Gasteiger partial charge in [0.1, 0.15) is 0 Å². The maximum Gasteiger partial charge on any atom is 0.240 e. The van der Waals surface area contributed by atoms with Gasteiger partial charge in [-0.15, -0.1) is 0 Å². The van der Waals surface area contributed by atoms with Gasteiger partial charge in [-0.05, 0) is 32.1 Å². The Morgan fingerprint density at radius 3 is 2.56 bits per heavy atom. The maximum atomic E-state index is 12.2. The van der Waals surface area contributed by atoms with Crippen LogP contribution < -0.4 is 5.32 Å².